The van der Waals surface area contributed by atoms with Crippen molar-refractivity contribution < 1.29 is 41.8 Å². The number of methoxy groups -OCH3 is 2. The first-order chi connectivity index (χ1) is 14.1. The molecular weight excluding hydrogens is 407 g/mol. The molecule has 160 valence electrons. The molecule has 0 heterocycles. The minimum atomic E-state index is -4.42. The van der Waals surface area contributed by atoms with Crippen LogP contribution in [-0.4, -0.2) is 44.8 Å². The number of carbonyl (C=O) groups excluding carboxylic acids is 3. The van der Waals surface area contributed by atoms with Crippen molar-refractivity contribution in [3.05, 3.63) is 64.7 Å². The molecule has 0 radical (unpaired) electrons. The van der Waals surface area contributed by atoms with E-state index in [-0.39, 0.29) is 29.0 Å². The number of esters is 2. The monoisotopic (exact) mass is 425 g/mol. The van der Waals surface area contributed by atoms with Gasteiger partial charge in [0.05, 0.1) is 32.0 Å². The van der Waals surface area contributed by atoms with Crippen molar-refractivity contribution in [1.29, 1.82) is 0 Å². The van der Waals surface area contributed by atoms with E-state index in [1.165, 1.54) is 56.7 Å². The average molecular weight is 425 g/mol. The molecule has 0 atom stereocenters. The van der Waals surface area contributed by atoms with Gasteiger partial charge in [0.15, 0.2) is 0 Å². The molecule has 1 N–H and O–H groups in total. The first-order valence-electron chi connectivity index (χ1n) is 8.49. The van der Waals surface area contributed by atoms with Crippen LogP contribution in [0.1, 0.15) is 36.6 Å². The van der Waals surface area contributed by atoms with Crippen LogP contribution in [0, 0.1) is 0 Å². The van der Waals surface area contributed by atoms with Crippen LogP contribution in [0.3, 0.4) is 0 Å². The summed E-state index contributed by atoms with van der Waals surface area (Å²) < 4.78 is 50.1. The molecule has 2 aromatic carbocycles. The molecule has 0 saturated heterocycles. The highest BCUT2D eigenvalue weighted by atomic mass is 19.4. The van der Waals surface area contributed by atoms with Gasteiger partial charge in [-0.2, -0.15) is 13.2 Å². The van der Waals surface area contributed by atoms with E-state index in [0.717, 1.165) is 0 Å². The molecule has 0 spiro atoms. The number of ether oxygens (including phenoxy) is 3. The molecule has 0 aliphatic rings. The number of amides is 1. The molecule has 0 aliphatic carbocycles. The lowest BCUT2D eigenvalue weighted by Crippen LogP contribution is -2.17. The molecule has 30 heavy (non-hydrogen) atoms. The Morgan fingerprint density at radius 1 is 0.867 bits per heavy atom. The number of alkyl halides is 3. The van der Waals surface area contributed by atoms with Gasteiger partial charge in [-0.25, -0.2) is 9.59 Å². The molecule has 7 nitrogen and oxygen atoms in total. The zero-order chi connectivity index (χ0) is 22.3. The summed E-state index contributed by atoms with van der Waals surface area (Å²) in [7, 11) is 2.34. The smallest absolute Gasteiger partial charge is 0.411 e. The summed E-state index contributed by atoms with van der Waals surface area (Å²) in [6.45, 7) is -1.63. The van der Waals surface area contributed by atoms with Gasteiger partial charge in [0, 0.05) is 11.3 Å². The summed E-state index contributed by atoms with van der Waals surface area (Å²) in [4.78, 5) is 36.1. The fourth-order valence-electron chi connectivity index (χ4n) is 2.41. The van der Waals surface area contributed by atoms with Gasteiger partial charge in [0.1, 0.15) is 6.61 Å². The van der Waals surface area contributed by atoms with Crippen LogP contribution in [0.2, 0.25) is 0 Å². The van der Waals surface area contributed by atoms with Gasteiger partial charge in [0.2, 0.25) is 0 Å². The summed E-state index contributed by atoms with van der Waals surface area (Å²) in [5.74, 6) is -1.98. The van der Waals surface area contributed by atoms with Crippen molar-refractivity contribution in [2.24, 2.45) is 0 Å². The average Bonchev–Trinajstić information content (AvgIpc) is 2.71. The van der Waals surface area contributed by atoms with Crippen molar-refractivity contribution in [1.82, 2.24) is 0 Å². The fourth-order valence-corrected chi connectivity index (χ4v) is 2.41. The Balaban J connectivity index is 2.13. The van der Waals surface area contributed by atoms with Crippen LogP contribution in [0.25, 0.3) is 0 Å². The Labute approximate surface area is 169 Å². The van der Waals surface area contributed by atoms with E-state index in [2.05, 4.69) is 19.5 Å². The van der Waals surface area contributed by atoms with Gasteiger partial charge < -0.3 is 19.5 Å². The predicted octanol–water partition coefficient (Wildman–Crippen LogP) is 3.59. The number of hydrogen-bond donors (Lipinski definition) is 1. The summed E-state index contributed by atoms with van der Waals surface area (Å²) in [5, 5.41) is 2.54. The van der Waals surface area contributed by atoms with Gasteiger partial charge in [-0.3, -0.25) is 4.79 Å². The van der Waals surface area contributed by atoms with Gasteiger partial charge in [-0.15, -0.1) is 0 Å². The largest absolute Gasteiger partial charge is 0.465 e. The Hall–Kier alpha value is -3.40. The number of rotatable bonds is 7. The lowest BCUT2D eigenvalue weighted by Gasteiger charge is -2.10. The second-order valence-electron chi connectivity index (χ2n) is 6.04. The third-order valence-electron chi connectivity index (χ3n) is 3.78. The summed E-state index contributed by atoms with van der Waals surface area (Å²) >= 11 is 0. The Morgan fingerprint density at radius 2 is 1.40 bits per heavy atom. The van der Waals surface area contributed by atoms with Crippen LogP contribution in [0.4, 0.5) is 18.9 Å². The highest BCUT2D eigenvalue weighted by molar-refractivity contribution is 6.06. The molecule has 0 aromatic heterocycles. The minimum absolute atomic E-state index is 0.0351. The number of halogens is 3. The number of anilines is 1. The number of benzene rings is 2. The van der Waals surface area contributed by atoms with Gasteiger partial charge >= 0.3 is 18.1 Å². The maximum Gasteiger partial charge on any atom is 0.411 e. The SMILES string of the molecule is COC(=O)c1cc(NC(=O)c2ccc(COCC(F)(F)F)cc2)cc(C(=O)OC)c1. The van der Waals surface area contributed by atoms with Crippen LogP contribution in [0.15, 0.2) is 42.5 Å². The summed E-state index contributed by atoms with van der Waals surface area (Å²) in [6.07, 6.45) is -4.42. The topological polar surface area (TPSA) is 90.9 Å². The third-order valence-corrected chi connectivity index (χ3v) is 3.78. The van der Waals surface area contributed by atoms with Crippen LogP contribution in [-0.2, 0) is 20.8 Å². The predicted molar refractivity (Wildman–Crippen MR) is 99.2 cm³/mol. The zero-order valence-electron chi connectivity index (χ0n) is 16.0. The molecule has 2 rings (SSSR count). The molecule has 0 fully saturated rings. The highest BCUT2D eigenvalue weighted by Crippen LogP contribution is 2.19. The van der Waals surface area contributed by atoms with Crippen molar-refractivity contribution in [2.45, 2.75) is 12.8 Å². The van der Waals surface area contributed by atoms with E-state index in [1.807, 2.05) is 0 Å². The van der Waals surface area contributed by atoms with Crippen molar-refractivity contribution >= 4 is 23.5 Å². The molecule has 10 heteroatoms. The maximum atomic E-state index is 12.4. The summed E-state index contributed by atoms with van der Waals surface area (Å²) in [6, 6.07) is 9.65. The van der Waals surface area contributed by atoms with Gasteiger partial charge in [-0.1, -0.05) is 12.1 Å². The molecule has 2 aromatic rings. The Kier molecular flexibility index (Phi) is 7.54. The normalized spacial score (nSPS) is 11.0. The highest BCUT2D eigenvalue weighted by Gasteiger charge is 2.27. The fraction of sp³-hybridized carbons (Fsp3) is 0.250. The quantitative estimate of drug-likeness (QED) is 0.682. The van der Waals surface area contributed by atoms with E-state index < -0.39 is 30.6 Å². The lowest BCUT2D eigenvalue weighted by molar-refractivity contribution is -0.176. The molecule has 1 amide bonds. The van der Waals surface area contributed by atoms with E-state index in [1.54, 1.807) is 0 Å². The van der Waals surface area contributed by atoms with Crippen LogP contribution >= 0.6 is 0 Å². The van der Waals surface area contributed by atoms with Crippen molar-refractivity contribution in [2.75, 3.05) is 26.1 Å². The van der Waals surface area contributed by atoms with E-state index in [0.29, 0.717) is 5.56 Å². The Bertz CT molecular complexity index is 891. The standard InChI is InChI=1S/C20H18F3NO6/c1-28-18(26)14-7-15(19(27)29-2)9-16(8-14)24-17(25)13-5-3-12(4-6-13)10-30-11-20(21,22)23/h3-9H,10-11H2,1-2H3,(H,24,25). The molecule has 0 aliphatic heterocycles. The minimum Gasteiger partial charge on any atom is -0.465 e. The van der Waals surface area contributed by atoms with E-state index in [9.17, 15) is 27.6 Å². The Morgan fingerprint density at radius 3 is 1.87 bits per heavy atom. The van der Waals surface area contributed by atoms with Crippen LogP contribution < -0.4 is 5.32 Å². The lowest BCUT2D eigenvalue weighted by atomic mass is 10.1. The van der Waals surface area contributed by atoms with Crippen LogP contribution in [0.5, 0.6) is 0 Å². The first-order valence-corrected chi connectivity index (χ1v) is 8.49. The first kappa shape index (κ1) is 22.9. The molecule has 0 saturated carbocycles. The zero-order valence-corrected chi connectivity index (χ0v) is 16.0. The number of carbonyl (C=O) groups is 3. The molecule has 0 bridgehead atoms. The second-order valence-corrected chi connectivity index (χ2v) is 6.04. The molecule has 0 unspecified atom stereocenters. The summed E-state index contributed by atoms with van der Waals surface area (Å²) in [5.41, 5.74) is 0.885. The second kappa shape index (κ2) is 9.88. The number of nitrogens with one attached hydrogen (secondary N) is 1. The third kappa shape index (κ3) is 6.59. The number of hydrogen-bond acceptors (Lipinski definition) is 6. The van der Waals surface area contributed by atoms with Gasteiger partial charge in [0.25, 0.3) is 5.91 Å². The van der Waals surface area contributed by atoms with E-state index in [4.69, 9.17) is 0 Å². The van der Waals surface area contributed by atoms with Crippen molar-refractivity contribution in [3.8, 4) is 0 Å². The van der Waals surface area contributed by atoms with E-state index >= 15 is 0 Å². The van der Waals surface area contributed by atoms with Crippen molar-refractivity contribution in [3.63, 3.8) is 0 Å². The van der Waals surface area contributed by atoms with Gasteiger partial charge in [-0.05, 0) is 35.9 Å². The molecular formula is C20H18F3NO6. The maximum absolute atomic E-state index is 12.4.